The lowest BCUT2D eigenvalue weighted by atomic mass is 9.67. The van der Waals surface area contributed by atoms with Crippen molar-refractivity contribution >= 4 is 15.7 Å². The van der Waals surface area contributed by atoms with Crippen LogP contribution in [0.4, 0.5) is 0 Å². The van der Waals surface area contributed by atoms with Crippen LogP contribution in [0.1, 0.15) is 52.4 Å². The monoisotopic (exact) mass is 330 g/mol. The van der Waals surface area contributed by atoms with Crippen LogP contribution in [0.3, 0.4) is 0 Å². The Morgan fingerprint density at radius 1 is 1.23 bits per heavy atom. The third-order valence-electron chi connectivity index (χ3n) is 4.93. The first-order chi connectivity index (χ1) is 10.3. The topological polar surface area (TPSA) is 89.3 Å². The molecule has 0 aromatic heterocycles. The summed E-state index contributed by atoms with van der Waals surface area (Å²) in [5.41, 5.74) is 6.09. The minimum Gasteiger partial charge on any atom is -0.353 e. The predicted octanol–water partition coefficient (Wildman–Crippen LogP) is 1.47. The second kappa shape index (κ2) is 7.30. The molecule has 2 aliphatic carbocycles. The van der Waals surface area contributed by atoms with Gasteiger partial charge in [0.25, 0.3) is 0 Å². The average molecular weight is 330 g/mol. The predicted molar refractivity (Wildman–Crippen MR) is 88.1 cm³/mol. The van der Waals surface area contributed by atoms with E-state index in [-0.39, 0.29) is 41.8 Å². The Balaban J connectivity index is 1.84. The number of nitrogens with two attached hydrogens (primary N) is 1. The van der Waals surface area contributed by atoms with Gasteiger partial charge in [0.2, 0.25) is 5.91 Å². The van der Waals surface area contributed by atoms with Gasteiger partial charge in [0, 0.05) is 18.5 Å². The zero-order chi connectivity index (χ0) is 16.3. The lowest BCUT2D eigenvalue weighted by Gasteiger charge is -2.45. The number of hydrogen-bond donors (Lipinski definition) is 2. The van der Waals surface area contributed by atoms with E-state index in [4.69, 9.17) is 5.73 Å². The van der Waals surface area contributed by atoms with Crippen molar-refractivity contribution in [2.45, 2.75) is 64.5 Å². The first kappa shape index (κ1) is 17.7. The van der Waals surface area contributed by atoms with Crippen molar-refractivity contribution < 1.29 is 13.2 Å². The van der Waals surface area contributed by atoms with Gasteiger partial charge in [-0.3, -0.25) is 4.79 Å². The van der Waals surface area contributed by atoms with Gasteiger partial charge in [-0.15, -0.1) is 0 Å². The summed E-state index contributed by atoms with van der Waals surface area (Å²) in [5.74, 6) is 1.04. The molecule has 2 saturated carbocycles. The van der Waals surface area contributed by atoms with E-state index in [1.54, 1.807) is 0 Å². The van der Waals surface area contributed by atoms with Gasteiger partial charge in [-0.1, -0.05) is 20.3 Å². The molecule has 2 aliphatic rings. The molecule has 2 bridgehead atoms. The molecule has 0 spiro atoms. The molecule has 0 heterocycles. The highest BCUT2D eigenvalue weighted by atomic mass is 32.2. The van der Waals surface area contributed by atoms with Crippen LogP contribution in [-0.2, 0) is 14.6 Å². The largest absolute Gasteiger partial charge is 0.353 e. The van der Waals surface area contributed by atoms with Crippen molar-refractivity contribution in [1.82, 2.24) is 5.32 Å². The number of amides is 1. The van der Waals surface area contributed by atoms with Crippen molar-refractivity contribution in [3.8, 4) is 0 Å². The summed E-state index contributed by atoms with van der Waals surface area (Å²) in [5, 5.41) is 3.11. The van der Waals surface area contributed by atoms with E-state index in [9.17, 15) is 13.2 Å². The number of hydrogen-bond acceptors (Lipinski definition) is 4. The number of rotatable bonds is 6. The molecule has 128 valence electrons. The molecule has 3 N–H and O–H groups in total. The fraction of sp³-hybridized carbons (Fsp3) is 0.938. The van der Waals surface area contributed by atoms with E-state index in [1.807, 2.05) is 13.8 Å². The van der Waals surface area contributed by atoms with Crippen molar-refractivity contribution in [3.63, 3.8) is 0 Å². The number of fused-ring (bicyclic) bond motifs is 2. The van der Waals surface area contributed by atoms with Gasteiger partial charge in [-0.05, 0) is 43.4 Å². The molecular formula is C16H30N2O3S. The quantitative estimate of drug-likeness (QED) is 0.772. The van der Waals surface area contributed by atoms with Crippen LogP contribution in [0.2, 0.25) is 0 Å². The second-order valence-electron chi connectivity index (χ2n) is 7.53. The maximum atomic E-state index is 12.1. The first-order valence-electron chi connectivity index (χ1n) is 8.52. The maximum Gasteiger partial charge on any atom is 0.221 e. The first-order valence-corrected chi connectivity index (χ1v) is 10.3. The normalized spacial score (nSPS) is 32.0. The van der Waals surface area contributed by atoms with Crippen LogP contribution >= 0.6 is 0 Å². The van der Waals surface area contributed by atoms with E-state index in [2.05, 4.69) is 5.32 Å². The van der Waals surface area contributed by atoms with Gasteiger partial charge < -0.3 is 11.1 Å². The van der Waals surface area contributed by atoms with Crippen LogP contribution in [0.5, 0.6) is 0 Å². The molecule has 0 aromatic carbocycles. The molecule has 0 aliphatic heterocycles. The van der Waals surface area contributed by atoms with Gasteiger partial charge in [0.05, 0.1) is 11.5 Å². The van der Waals surface area contributed by atoms with Gasteiger partial charge in [0.15, 0.2) is 9.84 Å². The van der Waals surface area contributed by atoms with Crippen LogP contribution in [0.25, 0.3) is 0 Å². The molecule has 2 fully saturated rings. The average Bonchev–Trinajstić information content (AvgIpc) is 2.36. The Morgan fingerprint density at radius 3 is 2.36 bits per heavy atom. The number of carbonyl (C=O) groups is 1. The molecule has 2 unspecified atom stereocenters. The smallest absolute Gasteiger partial charge is 0.221 e. The Morgan fingerprint density at radius 2 is 1.82 bits per heavy atom. The fourth-order valence-electron chi connectivity index (χ4n) is 4.12. The molecular weight excluding hydrogens is 300 g/mol. The number of nitrogens with one attached hydrogen (secondary N) is 1. The molecule has 2 atom stereocenters. The summed E-state index contributed by atoms with van der Waals surface area (Å²) >= 11 is 0. The minimum absolute atomic E-state index is 0.0431. The van der Waals surface area contributed by atoms with Crippen LogP contribution < -0.4 is 11.1 Å². The van der Waals surface area contributed by atoms with Crippen LogP contribution in [0.15, 0.2) is 0 Å². The van der Waals surface area contributed by atoms with E-state index in [0.717, 1.165) is 25.7 Å². The van der Waals surface area contributed by atoms with E-state index in [0.29, 0.717) is 11.8 Å². The lowest BCUT2D eigenvalue weighted by Crippen LogP contribution is -2.53. The fourth-order valence-corrected chi connectivity index (χ4v) is 5.80. The van der Waals surface area contributed by atoms with Gasteiger partial charge in [-0.25, -0.2) is 8.42 Å². The van der Waals surface area contributed by atoms with Crippen molar-refractivity contribution in [2.75, 3.05) is 11.5 Å². The third-order valence-corrected chi connectivity index (χ3v) is 6.93. The molecule has 1 amide bonds. The summed E-state index contributed by atoms with van der Waals surface area (Å²) in [4.78, 5) is 12.1. The summed E-state index contributed by atoms with van der Waals surface area (Å²) in [7, 11) is -3.12. The highest BCUT2D eigenvalue weighted by Gasteiger charge is 2.39. The third kappa shape index (κ3) is 4.95. The summed E-state index contributed by atoms with van der Waals surface area (Å²) in [6.07, 6.45) is 5.51. The van der Waals surface area contributed by atoms with Gasteiger partial charge >= 0.3 is 0 Å². The second-order valence-corrected chi connectivity index (χ2v) is 9.76. The number of sulfone groups is 1. The van der Waals surface area contributed by atoms with Gasteiger partial charge in [0.1, 0.15) is 0 Å². The number of carbonyl (C=O) groups excluding carboxylic acids is 1. The summed E-state index contributed by atoms with van der Waals surface area (Å²) < 4.78 is 23.8. The van der Waals surface area contributed by atoms with Gasteiger partial charge in [-0.2, -0.15) is 0 Å². The molecule has 5 nitrogen and oxygen atoms in total. The van der Waals surface area contributed by atoms with Crippen LogP contribution in [0, 0.1) is 17.8 Å². The van der Waals surface area contributed by atoms with Crippen molar-refractivity contribution in [2.24, 2.45) is 23.5 Å². The van der Waals surface area contributed by atoms with Crippen molar-refractivity contribution in [3.05, 3.63) is 0 Å². The SMILES string of the molecule is CC(C)CS(=O)(=O)CCC(=O)NC1C2CCCC1CC(N)C2. The minimum atomic E-state index is -3.12. The van der Waals surface area contributed by atoms with E-state index >= 15 is 0 Å². The van der Waals surface area contributed by atoms with E-state index in [1.165, 1.54) is 6.42 Å². The van der Waals surface area contributed by atoms with Crippen LogP contribution in [-0.4, -0.2) is 37.9 Å². The highest BCUT2D eigenvalue weighted by Crippen LogP contribution is 2.39. The summed E-state index contributed by atoms with van der Waals surface area (Å²) in [6.45, 7) is 3.76. The van der Waals surface area contributed by atoms with E-state index < -0.39 is 9.84 Å². The Hall–Kier alpha value is -0.620. The zero-order valence-corrected chi connectivity index (χ0v) is 14.6. The lowest BCUT2D eigenvalue weighted by molar-refractivity contribution is -0.123. The zero-order valence-electron chi connectivity index (χ0n) is 13.8. The molecule has 2 rings (SSSR count). The maximum absolute atomic E-state index is 12.1. The highest BCUT2D eigenvalue weighted by molar-refractivity contribution is 7.91. The Bertz CT molecular complexity index is 476. The molecule has 6 heteroatoms. The molecule has 0 radical (unpaired) electrons. The Labute approximate surface area is 134 Å². The van der Waals surface area contributed by atoms with Crippen molar-refractivity contribution in [1.29, 1.82) is 0 Å². The summed E-state index contributed by atoms with van der Waals surface area (Å²) in [6, 6.07) is 0.462. The molecule has 0 saturated heterocycles. The Kier molecular flexibility index (Phi) is 5.88. The molecule has 22 heavy (non-hydrogen) atoms. The molecule has 0 aromatic rings. The standard InChI is InChI=1S/C16H30N2O3S/c1-11(2)10-22(20,21)7-6-15(19)18-16-12-4-3-5-13(16)9-14(17)8-12/h11-14,16H,3-10,17H2,1-2H3,(H,18,19).